The third-order valence-corrected chi connectivity index (χ3v) is 4.80. The van der Waals surface area contributed by atoms with E-state index in [1.165, 1.54) is 6.33 Å². The Hall–Kier alpha value is -2.96. The summed E-state index contributed by atoms with van der Waals surface area (Å²) < 4.78 is 7.64. The Kier molecular flexibility index (Phi) is 4.51. The monoisotopic (exact) mass is 351 g/mol. The Morgan fingerprint density at radius 2 is 2.00 bits per heavy atom. The Morgan fingerprint density at radius 1 is 1.15 bits per heavy atom. The van der Waals surface area contributed by atoms with Crippen molar-refractivity contribution in [3.05, 3.63) is 54.2 Å². The molecule has 7 nitrogen and oxygen atoms in total. The lowest BCUT2D eigenvalue weighted by Crippen LogP contribution is -2.40. The number of carbonyl (C=O) groups excluding carboxylic acids is 1. The molecule has 7 heteroatoms. The highest BCUT2D eigenvalue weighted by molar-refractivity contribution is 5.93. The predicted molar refractivity (Wildman–Crippen MR) is 96.1 cm³/mol. The van der Waals surface area contributed by atoms with Gasteiger partial charge in [0.15, 0.2) is 5.65 Å². The van der Waals surface area contributed by atoms with Crippen molar-refractivity contribution in [1.82, 2.24) is 24.9 Å². The van der Waals surface area contributed by atoms with Crippen LogP contribution in [0, 0.1) is 6.92 Å². The zero-order valence-electron chi connectivity index (χ0n) is 14.6. The zero-order valence-corrected chi connectivity index (χ0v) is 14.6. The maximum absolute atomic E-state index is 12.6. The van der Waals surface area contributed by atoms with Crippen LogP contribution < -0.4 is 10.1 Å². The molecule has 0 saturated heterocycles. The van der Waals surface area contributed by atoms with Crippen LogP contribution in [0.5, 0.6) is 5.75 Å². The van der Waals surface area contributed by atoms with Crippen molar-refractivity contribution in [2.45, 2.75) is 44.8 Å². The number of amides is 1. The quantitative estimate of drug-likeness (QED) is 0.781. The second-order valence-corrected chi connectivity index (χ2v) is 6.59. The fraction of sp³-hybridized carbons (Fsp3) is 0.368. The van der Waals surface area contributed by atoms with Gasteiger partial charge < -0.3 is 10.1 Å². The van der Waals surface area contributed by atoms with Gasteiger partial charge in [0.25, 0.3) is 5.91 Å². The summed E-state index contributed by atoms with van der Waals surface area (Å²) in [6.45, 7) is 1.95. The molecule has 1 aliphatic rings. The van der Waals surface area contributed by atoms with Crippen molar-refractivity contribution in [3.8, 4) is 5.75 Å². The minimum atomic E-state index is -0.117. The molecule has 0 spiro atoms. The average molecular weight is 351 g/mol. The first-order chi connectivity index (χ1) is 12.7. The highest BCUT2D eigenvalue weighted by Crippen LogP contribution is 2.25. The highest BCUT2D eigenvalue weighted by atomic mass is 16.5. The van der Waals surface area contributed by atoms with Crippen LogP contribution in [0.4, 0.5) is 0 Å². The fourth-order valence-corrected chi connectivity index (χ4v) is 3.38. The van der Waals surface area contributed by atoms with E-state index in [0.717, 1.165) is 37.1 Å². The SMILES string of the molecule is Cc1ncccc1OC1CCC(NC(=O)c2cccc3ncnn23)CC1. The van der Waals surface area contributed by atoms with Gasteiger partial charge in [-0.3, -0.25) is 9.78 Å². The first kappa shape index (κ1) is 16.5. The van der Waals surface area contributed by atoms with Gasteiger partial charge in [0, 0.05) is 12.2 Å². The number of nitrogens with one attached hydrogen (secondary N) is 1. The Morgan fingerprint density at radius 3 is 2.81 bits per heavy atom. The van der Waals surface area contributed by atoms with E-state index in [9.17, 15) is 4.79 Å². The summed E-state index contributed by atoms with van der Waals surface area (Å²) >= 11 is 0. The molecule has 3 aromatic heterocycles. The molecular formula is C19H21N5O2. The number of rotatable bonds is 4. The Labute approximate surface area is 151 Å². The third-order valence-electron chi connectivity index (χ3n) is 4.80. The number of ether oxygens (including phenoxy) is 1. The van der Waals surface area contributed by atoms with Crippen LogP contribution in [0.3, 0.4) is 0 Å². The Bertz CT molecular complexity index is 915. The number of carbonyl (C=O) groups is 1. The van der Waals surface area contributed by atoms with E-state index in [1.54, 1.807) is 16.8 Å². The topological polar surface area (TPSA) is 81.4 Å². The summed E-state index contributed by atoms with van der Waals surface area (Å²) in [4.78, 5) is 21.0. The van der Waals surface area contributed by atoms with Crippen molar-refractivity contribution in [1.29, 1.82) is 0 Å². The van der Waals surface area contributed by atoms with E-state index >= 15 is 0 Å². The molecule has 1 saturated carbocycles. The maximum atomic E-state index is 12.6. The number of nitrogens with zero attached hydrogens (tertiary/aromatic N) is 4. The normalized spacial score (nSPS) is 20.0. The van der Waals surface area contributed by atoms with Crippen molar-refractivity contribution in [3.63, 3.8) is 0 Å². The van der Waals surface area contributed by atoms with E-state index in [0.29, 0.717) is 11.3 Å². The summed E-state index contributed by atoms with van der Waals surface area (Å²) in [5.74, 6) is 0.728. The van der Waals surface area contributed by atoms with Crippen LogP contribution in [0.1, 0.15) is 41.9 Å². The van der Waals surface area contributed by atoms with Gasteiger partial charge in [-0.2, -0.15) is 5.10 Å². The summed E-state index contributed by atoms with van der Waals surface area (Å²) in [7, 11) is 0. The second kappa shape index (κ2) is 7.11. The summed E-state index contributed by atoms with van der Waals surface area (Å²) in [5, 5.41) is 7.24. The molecule has 1 amide bonds. The number of aryl methyl sites for hydroxylation is 1. The molecule has 1 N–H and O–H groups in total. The van der Waals surface area contributed by atoms with Crippen LogP contribution in [0.15, 0.2) is 42.9 Å². The molecule has 4 rings (SSSR count). The lowest BCUT2D eigenvalue weighted by atomic mass is 9.92. The minimum absolute atomic E-state index is 0.117. The first-order valence-corrected chi connectivity index (χ1v) is 8.88. The van der Waals surface area contributed by atoms with Crippen LogP contribution in [-0.4, -0.2) is 37.6 Å². The number of fused-ring (bicyclic) bond motifs is 1. The van der Waals surface area contributed by atoms with E-state index in [4.69, 9.17) is 4.74 Å². The van der Waals surface area contributed by atoms with Gasteiger partial charge in [0.2, 0.25) is 0 Å². The van der Waals surface area contributed by atoms with Crippen molar-refractivity contribution >= 4 is 11.6 Å². The van der Waals surface area contributed by atoms with Crippen LogP contribution >= 0.6 is 0 Å². The van der Waals surface area contributed by atoms with Gasteiger partial charge >= 0.3 is 0 Å². The lowest BCUT2D eigenvalue weighted by Gasteiger charge is -2.29. The minimum Gasteiger partial charge on any atom is -0.489 e. The molecule has 0 aliphatic heterocycles. The van der Waals surface area contributed by atoms with Gasteiger partial charge in [-0.05, 0) is 56.9 Å². The molecule has 26 heavy (non-hydrogen) atoms. The van der Waals surface area contributed by atoms with E-state index in [-0.39, 0.29) is 18.1 Å². The first-order valence-electron chi connectivity index (χ1n) is 8.88. The molecule has 0 bridgehead atoms. The van der Waals surface area contributed by atoms with Crippen molar-refractivity contribution < 1.29 is 9.53 Å². The molecule has 3 aromatic rings. The standard InChI is InChI=1S/C19H21N5O2/c1-13-17(5-3-11-20-13)26-15-9-7-14(8-10-15)23-19(25)16-4-2-6-18-21-12-22-24(16)18/h2-6,11-12,14-15H,7-10H2,1H3,(H,23,25). The molecule has 0 radical (unpaired) electrons. The fourth-order valence-electron chi connectivity index (χ4n) is 3.38. The van der Waals surface area contributed by atoms with Crippen molar-refractivity contribution in [2.75, 3.05) is 0 Å². The predicted octanol–water partition coefficient (Wildman–Crippen LogP) is 2.55. The molecule has 3 heterocycles. The van der Waals surface area contributed by atoms with Gasteiger partial charge in [0.1, 0.15) is 17.8 Å². The largest absolute Gasteiger partial charge is 0.489 e. The third kappa shape index (κ3) is 3.37. The molecule has 1 aliphatic carbocycles. The van der Waals surface area contributed by atoms with Crippen LogP contribution in [0.25, 0.3) is 5.65 Å². The van der Waals surface area contributed by atoms with Gasteiger partial charge in [0.05, 0.1) is 11.8 Å². The smallest absolute Gasteiger partial charge is 0.270 e. The van der Waals surface area contributed by atoms with Crippen LogP contribution in [0.2, 0.25) is 0 Å². The molecular weight excluding hydrogens is 330 g/mol. The molecule has 0 unspecified atom stereocenters. The molecule has 134 valence electrons. The number of hydrogen-bond acceptors (Lipinski definition) is 5. The summed E-state index contributed by atoms with van der Waals surface area (Å²) in [6.07, 6.45) is 7.00. The maximum Gasteiger partial charge on any atom is 0.270 e. The average Bonchev–Trinajstić information content (AvgIpc) is 3.14. The van der Waals surface area contributed by atoms with Gasteiger partial charge in [-0.1, -0.05) is 6.07 Å². The number of aromatic nitrogens is 4. The number of pyridine rings is 2. The summed E-state index contributed by atoms with van der Waals surface area (Å²) in [5.41, 5.74) is 2.08. The van der Waals surface area contributed by atoms with Gasteiger partial charge in [-0.15, -0.1) is 0 Å². The summed E-state index contributed by atoms with van der Waals surface area (Å²) in [6, 6.07) is 9.40. The highest BCUT2D eigenvalue weighted by Gasteiger charge is 2.25. The second-order valence-electron chi connectivity index (χ2n) is 6.59. The van der Waals surface area contributed by atoms with Gasteiger partial charge in [-0.25, -0.2) is 9.50 Å². The molecule has 0 aromatic carbocycles. The van der Waals surface area contributed by atoms with E-state index in [2.05, 4.69) is 20.4 Å². The Balaban J connectivity index is 1.34. The van der Waals surface area contributed by atoms with E-state index in [1.807, 2.05) is 31.2 Å². The number of hydrogen-bond donors (Lipinski definition) is 1. The zero-order chi connectivity index (χ0) is 17.9. The lowest BCUT2D eigenvalue weighted by molar-refractivity contribution is 0.0886. The molecule has 0 atom stereocenters. The molecule has 1 fully saturated rings. The van der Waals surface area contributed by atoms with Crippen LogP contribution in [-0.2, 0) is 0 Å². The van der Waals surface area contributed by atoms with Crippen molar-refractivity contribution in [2.24, 2.45) is 0 Å². The van der Waals surface area contributed by atoms with E-state index < -0.39 is 0 Å².